The van der Waals surface area contributed by atoms with Gasteiger partial charge < -0.3 is 0 Å². The van der Waals surface area contributed by atoms with Gasteiger partial charge in [-0.05, 0) is 0 Å². The van der Waals surface area contributed by atoms with E-state index in [0.717, 1.165) is 0 Å². The monoisotopic (exact) mass is 942 g/mol. The van der Waals surface area contributed by atoms with Gasteiger partial charge in [0.25, 0.3) is 0 Å². The summed E-state index contributed by atoms with van der Waals surface area (Å²) in [7, 11) is 13.9. The molecule has 0 spiro atoms. The summed E-state index contributed by atoms with van der Waals surface area (Å²) in [6.45, 7) is 0. The molecule has 0 bridgehead atoms. The number of rotatable bonds is 2. The first-order valence-electron chi connectivity index (χ1n) is 17.2. The number of nitrogens with zero attached hydrogens (tertiary/aromatic N) is 2. The van der Waals surface area contributed by atoms with Crippen molar-refractivity contribution < 1.29 is 50.1 Å². The molecule has 0 N–H and O–H groups in total. The molecule has 6 aromatic carbocycles. The summed E-state index contributed by atoms with van der Waals surface area (Å²) in [5, 5.41) is 1.30. The molecule has 4 nitrogen and oxygen atoms in total. The molecule has 1 heterocycles. The molecule has 2 aliphatic rings. The second-order valence-electron chi connectivity index (χ2n) is 13.3. The summed E-state index contributed by atoms with van der Waals surface area (Å²) in [4.78, 5) is 9.17. The molecule has 8 rings (SSSR count). The Morgan fingerprint density at radius 1 is 0.456 bits per heavy atom. The number of hydrogen-bond donors (Lipinski definition) is 0. The Morgan fingerprint density at radius 3 is 1.16 bits per heavy atom. The molecule has 1 aliphatic carbocycles. The minimum atomic E-state index is -5.89. The summed E-state index contributed by atoms with van der Waals surface area (Å²) in [5.41, 5.74) is -5.18. The van der Waals surface area contributed by atoms with E-state index in [-0.39, 0.29) is 46.2 Å². The molecular weight excluding hydrogens is 920 g/mol. The van der Waals surface area contributed by atoms with E-state index in [0.29, 0.717) is 23.6 Å². The molecule has 6 aromatic rings. The van der Waals surface area contributed by atoms with Crippen molar-refractivity contribution >= 4 is 67.8 Å². The van der Waals surface area contributed by atoms with Crippen LogP contribution in [-0.4, -0.2) is 40.5 Å². The van der Waals surface area contributed by atoms with Gasteiger partial charge in [-0.25, -0.2) is 0 Å². The standard InChI is InChI=1S/C40H24F10N2O2.2ClH.Sn/c41-27-25(28(42)32(46)35(49)31(27)45)37(21-15-13-17-7-1-3-9-19(17)39(21)53)51-23-11-5-6-12-24(23)52-38(26-29(43)33(47)36(50)34(48)30(26)44)22-16-14-18-8-2-4-10-20(18)40(22)54;;;/h1-4,7-10,13-16,23-24,53-54H,5-6,11-12H2;2*1H;/q;;;+4/p-4/t23-,24-;;;/m1.../s1. The van der Waals surface area contributed by atoms with E-state index >= 15 is 17.6 Å². The zero-order chi connectivity index (χ0) is 40.5. The summed E-state index contributed by atoms with van der Waals surface area (Å²) in [5.74, 6) is -23.6. The van der Waals surface area contributed by atoms with Crippen molar-refractivity contribution in [2.75, 3.05) is 0 Å². The number of benzene rings is 6. The second kappa shape index (κ2) is 15.0. The fraction of sp³-hybridized carbons (Fsp3) is 0.150. The van der Waals surface area contributed by atoms with Gasteiger partial charge in [-0.15, -0.1) is 0 Å². The van der Waals surface area contributed by atoms with Crippen molar-refractivity contribution in [1.29, 1.82) is 0 Å². The maximum atomic E-state index is 15.9. The molecule has 0 amide bonds. The van der Waals surface area contributed by atoms with Crippen molar-refractivity contribution in [3.05, 3.63) is 153 Å². The summed E-state index contributed by atoms with van der Waals surface area (Å²) in [6.07, 6.45) is 0.792. The predicted octanol–water partition coefficient (Wildman–Crippen LogP) is 11.8. The fourth-order valence-corrected chi connectivity index (χ4v) is 12.0. The van der Waals surface area contributed by atoms with Gasteiger partial charge >= 0.3 is 330 Å². The third-order valence-electron chi connectivity index (χ3n) is 9.89. The van der Waals surface area contributed by atoms with Gasteiger partial charge in [-0.3, -0.25) is 0 Å². The van der Waals surface area contributed by atoms with Crippen LogP contribution in [0.2, 0.25) is 0 Å². The van der Waals surface area contributed by atoms with Crippen LogP contribution in [0.1, 0.15) is 47.9 Å². The van der Waals surface area contributed by atoms with E-state index in [9.17, 15) is 26.3 Å². The molecule has 0 saturated heterocycles. The maximum absolute atomic E-state index is 15.9. The Morgan fingerprint density at radius 2 is 0.789 bits per heavy atom. The first kappa shape index (κ1) is 39.3. The Bertz CT molecular complexity index is 2490. The van der Waals surface area contributed by atoms with E-state index in [1.807, 2.05) is 0 Å². The van der Waals surface area contributed by atoms with Gasteiger partial charge in [-0.1, -0.05) is 0 Å². The van der Waals surface area contributed by atoms with E-state index < -0.39 is 110 Å². The van der Waals surface area contributed by atoms with E-state index in [2.05, 4.69) is 9.98 Å². The average Bonchev–Trinajstić information content (AvgIpc) is 3.21. The van der Waals surface area contributed by atoms with Crippen molar-refractivity contribution in [3.8, 4) is 11.5 Å². The summed E-state index contributed by atoms with van der Waals surface area (Å²) in [6, 6.07) is 15.6. The summed E-state index contributed by atoms with van der Waals surface area (Å²) >= 11 is -5.89. The Labute approximate surface area is 328 Å². The van der Waals surface area contributed by atoms with Crippen molar-refractivity contribution in [3.63, 3.8) is 0 Å². The molecular formula is C40H22Cl2F10N2O2Sn. The van der Waals surface area contributed by atoms with Gasteiger partial charge in [0.05, 0.1) is 0 Å². The minimum absolute atomic E-state index is 0.0243. The van der Waals surface area contributed by atoms with Gasteiger partial charge in [0, 0.05) is 0 Å². The Kier molecular flexibility index (Phi) is 10.3. The summed E-state index contributed by atoms with van der Waals surface area (Å²) < 4.78 is 165. The van der Waals surface area contributed by atoms with Crippen LogP contribution < -0.4 is 6.15 Å². The molecule has 292 valence electrons. The third kappa shape index (κ3) is 6.76. The van der Waals surface area contributed by atoms with E-state index in [1.165, 1.54) is 36.4 Å². The van der Waals surface area contributed by atoms with Crippen LogP contribution in [0.4, 0.5) is 43.9 Å². The van der Waals surface area contributed by atoms with Crippen LogP contribution >= 0.6 is 17.8 Å². The fourth-order valence-electron chi connectivity index (χ4n) is 7.23. The Balaban J connectivity index is 1.52. The molecule has 57 heavy (non-hydrogen) atoms. The SMILES string of the molecule is Fc1c(F)c(F)c(C2=N[C@@H]3CCCC[C@H]3N=C(c3c(F)c(F)c(F)c(F)c3F)c3ccc4ccccc4c3[O][Sn]([Cl])([Cl])[O]c3c2ccc2ccccc32)c(F)c1F. The first-order valence-corrected chi connectivity index (χ1v) is 26.7. The van der Waals surface area contributed by atoms with Crippen LogP contribution in [0.15, 0.2) is 82.8 Å². The predicted molar refractivity (Wildman–Crippen MR) is 196 cm³/mol. The molecule has 0 aromatic heterocycles. The molecule has 1 aliphatic heterocycles. The second-order valence-corrected chi connectivity index (χ2v) is 25.0. The van der Waals surface area contributed by atoms with Gasteiger partial charge in [0.1, 0.15) is 0 Å². The zero-order valence-corrected chi connectivity index (χ0v) is 33.0. The van der Waals surface area contributed by atoms with Gasteiger partial charge in [0.2, 0.25) is 0 Å². The number of fused-ring (bicyclic) bond motifs is 7. The quantitative estimate of drug-likeness (QED) is 0.0751. The van der Waals surface area contributed by atoms with Crippen LogP contribution in [0.25, 0.3) is 21.5 Å². The first-order chi connectivity index (χ1) is 27.2. The molecule has 1 saturated carbocycles. The van der Waals surface area contributed by atoms with Crippen LogP contribution in [0, 0.1) is 58.2 Å². The molecule has 0 unspecified atom stereocenters. The van der Waals surface area contributed by atoms with Crippen molar-refractivity contribution in [2.45, 2.75) is 37.8 Å². The van der Waals surface area contributed by atoms with Gasteiger partial charge in [0.15, 0.2) is 0 Å². The van der Waals surface area contributed by atoms with Crippen LogP contribution in [-0.2, 0) is 0 Å². The molecule has 2 atom stereocenters. The number of aliphatic imine (C=N–C) groups is 2. The van der Waals surface area contributed by atoms with Gasteiger partial charge in [-0.2, -0.15) is 0 Å². The Hall–Kier alpha value is -4.54. The molecule has 1 fully saturated rings. The normalized spacial score (nSPS) is 18.2. The van der Waals surface area contributed by atoms with E-state index in [1.54, 1.807) is 36.4 Å². The van der Waals surface area contributed by atoms with Crippen LogP contribution in [0.5, 0.6) is 11.5 Å². The van der Waals surface area contributed by atoms with Crippen molar-refractivity contribution in [1.82, 2.24) is 0 Å². The third-order valence-corrected chi connectivity index (χ3v) is 14.5. The number of hydrogen-bond acceptors (Lipinski definition) is 4. The topological polar surface area (TPSA) is 43.2 Å². The zero-order valence-electron chi connectivity index (χ0n) is 28.7. The molecule has 0 radical (unpaired) electrons. The van der Waals surface area contributed by atoms with Crippen LogP contribution in [0.3, 0.4) is 0 Å². The van der Waals surface area contributed by atoms with Crippen molar-refractivity contribution in [2.24, 2.45) is 9.98 Å². The average molecular weight is 942 g/mol. The number of halogens is 12. The molecule has 17 heteroatoms. The van der Waals surface area contributed by atoms with E-state index in [4.69, 9.17) is 24.0 Å².